The van der Waals surface area contributed by atoms with Crippen molar-refractivity contribution in [3.05, 3.63) is 0 Å². The van der Waals surface area contributed by atoms with Crippen molar-refractivity contribution in [1.29, 1.82) is 0 Å². The van der Waals surface area contributed by atoms with Gasteiger partial charge in [-0.05, 0) is 0 Å². The van der Waals surface area contributed by atoms with Gasteiger partial charge in [-0.25, -0.2) is 9.59 Å². The number of hydrogen-bond acceptors (Lipinski definition) is 8. The molecule has 2 rings (SSSR count). The Kier molecular flexibility index (Phi) is 7.66. The summed E-state index contributed by atoms with van der Waals surface area (Å²) < 4.78 is 174. The first-order valence-corrected chi connectivity index (χ1v) is 8.46. The number of alkyl halides is 12. The highest BCUT2D eigenvalue weighted by Crippen LogP contribution is 2.38. The molecule has 2 aliphatic rings. The van der Waals surface area contributed by atoms with Crippen molar-refractivity contribution in [2.24, 2.45) is 0 Å². The molecule has 0 aromatic rings. The van der Waals surface area contributed by atoms with Crippen LogP contribution in [-0.4, -0.2) is 86.9 Å². The summed E-state index contributed by atoms with van der Waals surface area (Å²) in [5.74, 6) is 0. The summed E-state index contributed by atoms with van der Waals surface area (Å²) in [6.07, 6.45) is -44.7. The van der Waals surface area contributed by atoms with Crippen molar-refractivity contribution < 1.29 is 90.7 Å². The molecule has 0 unspecified atom stereocenters. The molecule has 8 nitrogen and oxygen atoms in total. The van der Waals surface area contributed by atoms with Gasteiger partial charge in [0, 0.05) is 0 Å². The van der Waals surface area contributed by atoms with Gasteiger partial charge < -0.3 is 28.4 Å². The minimum Gasteiger partial charge on any atom is -0.426 e. The topological polar surface area (TPSA) is 89.5 Å². The molecule has 0 saturated carbocycles. The van der Waals surface area contributed by atoms with Gasteiger partial charge in [0.15, 0.2) is 12.2 Å². The average Bonchev–Trinajstić information content (AvgIpc) is 3.17. The van der Waals surface area contributed by atoms with E-state index in [0.29, 0.717) is 0 Å². The molecule has 0 amide bonds. The molecule has 20 heteroatoms. The Hall–Kier alpha value is -2.38. The molecule has 0 N–H and O–H groups in total. The van der Waals surface area contributed by atoms with Crippen LogP contribution in [-0.2, 0) is 28.4 Å². The van der Waals surface area contributed by atoms with E-state index < -0.39 is 86.9 Å². The Morgan fingerprint density at radius 1 is 0.588 bits per heavy atom. The number of hydrogen-bond donors (Lipinski definition) is 0. The summed E-state index contributed by atoms with van der Waals surface area (Å²) in [5, 5.41) is 0. The molecule has 2 aliphatic heterocycles. The maximum absolute atomic E-state index is 12.4. The second-order valence-corrected chi connectivity index (χ2v) is 6.57. The highest BCUT2D eigenvalue weighted by Gasteiger charge is 2.62. The third-order valence-electron chi connectivity index (χ3n) is 4.08. The van der Waals surface area contributed by atoms with Gasteiger partial charge in [0.1, 0.15) is 12.2 Å². The monoisotopic (exact) mass is 534 g/mol. The number of fused-ring (bicyclic) bond motifs is 1. The molecule has 4 atom stereocenters. The van der Waals surface area contributed by atoms with Crippen LogP contribution in [0.15, 0.2) is 0 Å². The van der Waals surface area contributed by atoms with Gasteiger partial charge in [0.05, 0.1) is 13.2 Å². The summed E-state index contributed by atoms with van der Waals surface area (Å²) >= 11 is 0. The predicted octanol–water partition coefficient (Wildman–Crippen LogP) is 3.81. The summed E-state index contributed by atoms with van der Waals surface area (Å²) in [4.78, 5) is 22.8. The number of rotatable bonds is 4. The van der Waals surface area contributed by atoms with Gasteiger partial charge in [0.2, 0.25) is 0 Å². The molecule has 0 bridgehead atoms. The Labute approximate surface area is 178 Å². The quantitative estimate of drug-likeness (QED) is 0.398. The maximum atomic E-state index is 12.4. The molecule has 0 aromatic carbocycles. The van der Waals surface area contributed by atoms with Gasteiger partial charge in [0.25, 0.3) is 12.2 Å². The zero-order chi connectivity index (χ0) is 26.3. The minimum absolute atomic E-state index is 0.782. The van der Waals surface area contributed by atoms with Crippen LogP contribution in [0.25, 0.3) is 0 Å². The second kappa shape index (κ2) is 9.34. The smallest absolute Gasteiger partial charge is 0.426 e. The Morgan fingerprint density at radius 3 is 1.09 bits per heavy atom. The lowest BCUT2D eigenvalue weighted by Crippen LogP contribution is -2.46. The Balaban J connectivity index is 1.95. The first-order valence-electron chi connectivity index (χ1n) is 8.46. The van der Waals surface area contributed by atoms with Crippen molar-refractivity contribution in [3.63, 3.8) is 0 Å². The van der Waals surface area contributed by atoms with Crippen LogP contribution in [0, 0.1) is 0 Å². The summed E-state index contributed by atoms with van der Waals surface area (Å²) in [7, 11) is 0. The maximum Gasteiger partial charge on any atom is 0.509 e. The Morgan fingerprint density at radius 2 is 0.853 bits per heavy atom. The summed E-state index contributed by atoms with van der Waals surface area (Å²) in [6, 6.07) is 0. The van der Waals surface area contributed by atoms with E-state index >= 15 is 0 Å². The number of ether oxygens (including phenoxy) is 6. The highest BCUT2D eigenvalue weighted by atomic mass is 19.4. The number of carbonyl (C=O) groups is 2. The first-order chi connectivity index (χ1) is 15.2. The molecular formula is C14H10F12O8. The van der Waals surface area contributed by atoms with Crippen LogP contribution in [0.1, 0.15) is 0 Å². The van der Waals surface area contributed by atoms with Gasteiger partial charge in [-0.15, -0.1) is 0 Å². The third-order valence-corrected chi connectivity index (χ3v) is 4.08. The molecule has 0 aromatic heterocycles. The largest absolute Gasteiger partial charge is 0.509 e. The Bertz CT molecular complexity index is 655. The van der Waals surface area contributed by atoms with Crippen molar-refractivity contribution >= 4 is 12.3 Å². The molecule has 0 aliphatic carbocycles. The first kappa shape index (κ1) is 27.9. The van der Waals surface area contributed by atoms with E-state index in [9.17, 15) is 62.3 Å². The zero-order valence-electron chi connectivity index (χ0n) is 15.7. The lowest BCUT2D eigenvalue weighted by atomic mass is 10.1. The molecule has 34 heavy (non-hydrogen) atoms. The lowest BCUT2D eigenvalue weighted by molar-refractivity contribution is -0.311. The SMILES string of the molecule is O=C(OC(C(F)(F)F)C(F)(F)F)O[C@H]1CO[C@H]2[C@@H]1OC[C@H]2OC(=O)OC(C(F)(F)F)C(F)(F)F. The van der Waals surface area contributed by atoms with E-state index in [1.54, 1.807) is 0 Å². The standard InChI is InChI=1S/C14H10F12O8/c15-11(16,17)7(12(18,19)20)33-9(27)31-3-1-29-6-4(2-30-5(3)6)32-10(28)34-8(13(21,22)23)14(24,25)26/h3-8H,1-2H2/t3-,4+,5-,6-/m1/s1. The van der Waals surface area contributed by atoms with Crippen LogP contribution in [0.5, 0.6) is 0 Å². The lowest BCUT2D eigenvalue weighted by Gasteiger charge is -2.24. The third kappa shape index (κ3) is 6.83. The fourth-order valence-electron chi connectivity index (χ4n) is 2.76. The molecule has 0 radical (unpaired) electrons. The van der Waals surface area contributed by atoms with Crippen LogP contribution in [0.4, 0.5) is 62.3 Å². The second-order valence-electron chi connectivity index (χ2n) is 6.57. The molecular weight excluding hydrogens is 524 g/mol. The van der Waals surface area contributed by atoms with Crippen LogP contribution < -0.4 is 0 Å². The van der Waals surface area contributed by atoms with Crippen molar-refractivity contribution in [3.8, 4) is 0 Å². The average molecular weight is 534 g/mol. The van der Waals surface area contributed by atoms with Crippen molar-refractivity contribution in [2.75, 3.05) is 13.2 Å². The van der Waals surface area contributed by atoms with E-state index in [0.717, 1.165) is 0 Å². The molecule has 2 fully saturated rings. The van der Waals surface area contributed by atoms with Crippen molar-refractivity contribution in [1.82, 2.24) is 0 Å². The minimum atomic E-state index is -6.04. The zero-order valence-corrected chi connectivity index (χ0v) is 15.7. The van der Waals surface area contributed by atoms with E-state index in [-0.39, 0.29) is 0 Å². The fourth-order valence-corrected chi connectivity index (χ4v) is 2.76. The molecule has 0 spiro atoms. The van der Waals surface area contributed by atoms with Gasteiger partial charge in [-0.3, -0.25) is 0 Å². The van der Waals surface area contributed by atoms with Crippen molar-refractivity contribution in [2.45, 2.75) is 61.3 Å². The molecule has 2 saturated heterocycles. The van der Waals surface area contributed by atoms with E-state index in [4.69, 9.17) is 9.47 Å². The highest BCUT2D eigenvalue weighted by molar-refractivity contribution is 5.61. The van der Waals surface area contributed by atoms with E-state index in [1.807, 2.05) is 0 Å². The van der Waals surface area contributed by atoms with Gasteiger partial charge >= 0.3 is 37.0 Å². The van der Waals surface area contributed by atoms with Gasteiger partial charge in [-0.2, -0.15) is 52.7 Å². The van der Waals surface area contributed by atoms with Gasteiger partial charge in [-0.1, -0.05) is 0 Å². The number of carbonyl (C=O) groups excluding carboxylic acids is 2. The van der Waals surface area contributed by atoms with E-state index in [2.05, 4.69) is 18.9 Å². The van der Waals surface area contributed by atoms with Crippen LogP contribution in [0.2, 0.25) is 0 Å². The van der Waals surface area contributed by atoms with E-state index in [1.165, 1.54) is 0 Å². The number of halogens is 12. The fraction of sp³-hybridized carbons (Fsp3) is 0.857. The molecule has 198 valence electrons. The van der Waals surface area contributed by atoms with Crippen LogP contribution >= 0.6 is 0 Å². The summed E-state index contributed by atoms with van der Waals surface area (Å²) in [5.41, 5.74) is 0. The molecule has 2 heterocycles. The summed E-state index contributed by atoms with van der Waals surface area (Å²) in [6.45, 7) is -1.56. The van der Waals surface area contributed by atoms with Crippen LogP contribution in [0.3, 0.4) is 0 Å². The normalized spacial score (nSPS) is 25.9. The predicted molar refractivity (Wildman–Crippen MR) is 74.0 cm³/mol.